The predicted octanol–water partition coefficient (Wildman–Crippen LogP) is 2.42. The standard InChI is InChI=1S/C18H18N2O5/c1-3-18(12-7-5-4-6-8-12)16(22)20(17(23)19-18)11-13-9-10-14(25-13)15(21)24-2/h4-10H,3,11H2,1-2H3,(H,19,23). The molecule has 7 nitrogen and oxygen atoms in total. The van der Waals surface area contributed by atoms with Crippen LogP contribution in [-0.2, 0) is 21.6 Å². The average molecular weight is 342 g/mol. The Morgan fingerprint density at radius 2 is 1.92 bits per heavy atom. The van der Waals surface area contributed by atoms with E-state index in [2.05, 4.69) is 10.1 Å². The second-order valence-corrected chi connectivity index (χ2v) is 5.70. The van der Waals surface area contributed by atoms with Crippen LogP contribution in [0.25, 0.3) is 0 Å². The summed E-state index contributed by atoms with van der Waals surface area (Å²) in [5.74, 6) is -0.615. The highest BCUT2D eigenvalue weighted by atomic mass is 16.5. The van der Waals surface area contributed by atoms with Crippen molar-refractivity contribution >= 4 is 17.9 Å². The lowest BCUT2D eigenvalue weighted by molar-refractivity contribution is -0.132. The molecule has 1 aromatic carbocycles. The summed E-state index contributed by atoms with van der Waals surface area (Å²) in [7, 11) is 1.25. The van der Waals surface area contributed by atoms with Gasteiger partial charge in [0.05, 0.1) is 13.7 Å². The summed E-state index contributed by atoms with van der Waals surface area (Å²) in [4.78, 5) is 37.9. The van der Waals surface area contributed by atoms with E-state index >= 15 is 0 Å². The van der Waals surface area contributed by atoms with Crippen LogP contribution in [0.15, 0.2) is 46.9 Å². The zero-order valence-electron chi connectivity index (χ0n) is 13.9. The normalized spacial score (nSPS) is 19.8. The van der Waals surface area contributed by atoms with E-state index in [0.717, 1.165) is 10.5 Å². The molecule has 1 aliphatic rings. The Morgan fingerprint density at radius 1 is 1.20 bits per heavy atom. The number of carbonyl (C=O) groups is 3. The molecule has 0 saturated carbocycles. The molecule has 2 heterocycles. The number of esters is 1. The van der Waals surface area contributed by atoms with Crippen molar-refractivity contribution in [3.8, 4) is 0 Å². The van der Waals surface area contributed by atoms with E-state index in [1.54, 1.807) is 6.07 Å². The summed E-state index contributed by atoms with van der Waals surface area (Å²) in [6.07, 6.45) is 0.420. The monoisotopic (exact) mass is 342 g/mol. The molecule has 7 heteroatoms. The number of methoxy groups -OCH3 is 1. The largest absolute Gasteiger partial charge is 0.463 e. The smallest absolute Gasteiger partial charge is 0.373 e. The number of carbonyl (C=O) groups excluding carboxylic acids is 3. The number of imide groups is 1. The van der Waals surface area contributed by atoms with E-state index in [4.69, 9.17) is 4.42 Å². The number of nitrogens with zero attached hydrogens (tertiary/aromatic N) is 1. The molecule has 0 spiro atoms. The minimum atomic E-state index is -1.09. The first-order valence-electron chi connectivity index (χ1n) is 7.88. The summed E-state index contributed by atoms with van der Waals surface area (Å²) in [5.41, 5.74) is -0.358. The van der Waals surface area contributed by atoms with Crippen LogP contribution in [0.3, 0.4) is 0 Å². The number of nitrogens with one attached hydrogen (secondary N) is 1. The van der Waals surface area contributed by atoms with Crippen LogP contribution in [0.1, 0.15) is 35.2 Å². The van der Waals surface area contributed by atoms with Crippen LogP contribution >= 0.6 is 0 Å². The van der Waals surface area contributed by atoms with Crippen LogP contribution in [-0.4, -0.2) is 29.9 Å². The Morgan fingerprint density at radius 3 is 2.56 bits per heavy atom. The van der Waals surface area contributed by atoms with Gasteiger partial charge in [0.1, 0.15) is 11.3 Å². The minimum Gasteiger partial charge on any atom is -0.463 e. The predicted molar refractivity (Wildman–Crippen MR) is 87.5 cm³/mol. The zero-order valence-corrected chi connectivity index (χ0v) is 13.9. The number of hydrogen-bond donors (Lipinski definition) is 1. The summed E-state index contributed by atoms with van der Waals surface area (Å²) in [6.45, 7) is 1.78. The number of benzene rings is 1. The van der Waals surface area contributed by atoms with Gasteiger partial charge in [0, 0.05) is 0 Å². The molecule has 25 heavy (non-hydrogen) atoms. The van der Waals surface area contributed by atoms with E-state index < -0.39 is 17.5 Å². The molecule has 1 aromatic heterocycles. The first-order chi connectivity index (χ1) is 12.0. The highest BCUT2D eigenvalue weighted by Gasteiger charge is 2.51. The molecule has 1 aliphatic heterocycles. The molecule has 3 rings (SSSR count). The summed E-state index contributed by atoms with van der Waals surface area (Å²) < 4.78 is 9.93. The van der Waals surface area contributed by atoms with Gasteiger partial charge in [0.25, 0.3) is 5.91 Å². The maximum absolute atomic E-state index is 13.0. The summed E-state index contributed by atoms with van der Waals surface area (Å²) >= 11 is 0. The van der Waals surface area contributed by atoms with Gasteiger partial charge in [-0.2, -0.15) is 0 Å². The second kappa shape index (κ2) is 6.43. The lowest BCUT2D eigenvalue weighted by atomic mass is 9.87. The quantitative estimate of drug-likeness (QED) is 0.666. The van der Waals surface area contributed by atoms with Crippen molar-refractivity contribution < 1.29 is 23.5 Å². The number of hydrogen-bond acceptors (Lipinski definition) is 5. The number of ether oxygens (including phenoxy) is 1. The fourth-order valence-corrected chi connectivity index (χ4v) is 2.96. The Balaban J connectivity index is 1.86. The second-order valence-electron chi connectivity index (χ2n) is 5.70. The fraction of sp³-hybridized carbons (Fsp3) is 0.278. The number of rotatable bonds is 5. The van der Waals surface area contributed by atoms with Crippen molar-refractivity contribution in [3.05, 3.63) is 59.5 Å². The maximum Gasteiger partial charge on any atom is 0.373 e. The van der Waals surface area contributed by atoms with E-state index in [9.17, 15) is 14.4 Å². The van der Waals surface area contributed by atoms with Crippen LogP contribution < -0.4 is 5.32 Å². The van der Waals surface area contributed by atoms with Crippen molar-refractivity contribution in [3.63, 3.8) is 0 Å². The van der Waals surface area contributed by atoms with Crippen LogP contribution in [0.2, 0.25) is 0 Å². The van der Waals surface area contributed by atoms with Gasteiger partial charge in [0.2, 0.25) is 5.76 Å². The Hall–Kier alpha value is -3.09. The van der Waals surface area contributed by atoms with E-state index in [1.165, 1.54) is 13.2 Å². The molecule has 1 saturated heterocycles. The minimum absolute atomic E-state index is 0.0226. The topological polar surface area (TPSA) is 88.8 Å². The van der Waals surface area contributed by atoms with Gasteiger partial charge < -0.3 is 14.5 Å². The van der Waals surface area contributed by atoms with Gasteiger partial charge in [-0.3, -0.25) is 9.69 Å². The molecule has 2 aromatic rings. The lowest BCUT2D eigenvalue weighted by Gasteiger charge is -2.25. The van der Waals surface area contributed by atoms with Gasteiger partial charge in [-0.15, -0.1) is 0 Å². The van der Waals surface area contributed by atoms with Crippen LogP contribution in [0.4, 0.5) is 4.79 Å². The van der Waals surface area contributed by atoms with E-state index in [0.29, 0.717) is 12.2 Å². The molecular formula is C18H18N2O5. The van der Waals surface area contributed by atoms with Crippen molar-refractivity contribution in [2.75, 3.05) is 7.11 Å². The summed E-state index contributed by atoms with van der Waals surface area (Å²) in [6, 6.07) is 11.6. The first kappa shape index (κ1) is 16.8. The Labute approximate surface area is 144 Å². The molecule has 3 amide bonds. The molecule has 1 fully saturated rings. The van der Waals surface area contributed by atoms with Gasteiger partial charge >= 0.3 is 12.0 Å². The molecule has 130 valence electrons. The Kier molecular flexibility index (Phi) is 4.31. The SMILES string of the molecule is CCC1(c2ccccc2)NC(=O)N(Cc2ccc(C(=O)OC)o2)C1=O. The highest BCUT2D eigenvalue weighted by molar-refractivity contribution is 6.07. The molecule has 1 N–H and O–H groups in total. The van der Waals surface area contributed by atoms with Crippen molar-refractivity contribution in [1.29, 1.82) is 0 Å². The van der Waals surface area contributed by atoms with Crippen molar-refractivity contribution in [1.82, 2.24) is 10.2 Å². The third kappa shape index (κ3) is 2.77. The molecule has 1 atom stereocenters. The first-order valence-corrected chi connectivity index (χ1v) is 7.88. The molecule has 0 radical (unpaired) electrons. The molecule has 0 aliphatic carbocycles. The van der Waals surface area contributed by atoms with E-state index in [-0.39, 0.29) is 18.2 Å². The Bertz CT molecular complexity index is 814. The molecule has 0 bridgehead atoms. The molecule has 1 unspecified atom stereocenters. The van der Waals surface area contributed by atoms with E-state index in [1.807, 2.05) is 37.3 Å². The van der Waals surface area contributed by atoms with Crippen LogP contribution in [0, 0.1) is 0 Å². The fourth-order valence-electron chi connectivity index (χ4n) is 2.96. The number of amides is 3. The van der Waals surface area contributed by atoms with Crippen molar-refractivity contribution in [2.45, 2.75) is 25.4 Å². The number of furan rings is 1. The number of urea groups is 1. The third-order valence-corrected chi connectivity index (χ3v) is 4.33. The van der Waals surface area contributed by atoms with Gasteiger partial charge in [-0.1, -0.05) is 37.3 Å². The highest BCUT2D eigenvalue weighted by Crippen LogP contribution is 2.33. The van der Waals surface area contributed by atoms with Gasteiger partial charge in [0.15, 0.2) is 0 Å². The van der Waals surface area contributed by atoms with Gasteiger partial charge in [-0.05, 0) is 24.1 Å². The van der Waals surface area contributed by atoms with Crippen molar-refractivity contribution in [2.24, 2.45) is 0 Å². The lowest BCUT2D eigenvalue weighted by Crippen LogP contribution is -2.43. The zero-order chi connectivity index (χ0) is 18.0. The average Bonchev–Trinajstić information content (AvgIpc) is 3.20. The maximum atomic E-state index is 13.0. The van der Waals surface area contributed by atoms with Gasteiger partial charge in [-0.25, -0.2) is 9.59 Å². The summed E-state index contributed by atoms with van der Waals surface area (Å²) in [5, 5.41) is 2.80. The molecular weight excluding hydrogens is 324 g/mol. The third-order valence-electron chi connectivity index (χ3n) is 4.33. The van der Waals surface area contributed by atoms with Crippen LogP contribution in [0.5, 0.6) is 0 Å².